The SMILES string of the molecule is COC(=O)/C(=C/c1ccccc1OC)Cn1ccnc1. The summed E-state index contributed by atoms with van der Waals surface area (Å²) in [6.45, 7) is 0.394. The number of imidazole rings is 1. The van der Waals surface area contributed by atoms with Crippen LogP contribution in [0.3, 0.4) is 0 Å². The van der Waals surface area contributed by atoms with Crippen molar-refractivity contribution in [1.29, 1.82) is 0 Å². The summed E-state index contributed by atoms with van der Waals surface area (Å²) in [7, 11) is 2.96. The van der Waals surface area contributed by atoms with Crippen LogP contribution in [-0.2, 0) is 16.1 Å². The molecule has 5 nitrogen and oxygen atoms in total. The maximum Gasteiger partial charge on any atom is 0.335 e. The molecule has 104 valence electrons. The zero-order chi connectivity index (χ0) is 14.4. The van der Waals surface area contributed by atoms with Gasteiger partial charge in [-0.05, 0) is 12.1 Å². The standard InChI is InChI=1S/C15H16N2O3/c1-19-14-6-4-3-5-12(14)9-13(15(18)20-2)10-17-8-7-16-11-17/h3-9,11H,10H2,1-2H3/b13-9+. The van der Waals surface area contributed by atoms with E-state index in [0.717, 1.165) is 5.56 Å². The van der Waals surface area contributed by atoms with Crippen LogP contribution >= 0.6 is 0 Å². The Labute approximate surface area is 117 Å². The van der Waals surface area contributed by atoms with Crippen LogP contribution in [-0.4, -0.2) is 29.7 Å². The molecule has 0 radical (unpaired) electrons. The van der Waals surface area contributed by atoms with Gasteiger partial charge in [0.25, 0.3) is 0 Å². The molecule has 0 spiro atoms. The largest absolute Gasteiger partial charge is 0.496 e. The molecule has 2 aromatic rings. The molecule has 2 rings (SSSR count). The van der Waals surface area contributed by atoms with Gasteiger partial charge in [-0.3, -0.25) is 0 Å². The highest BCUT2D eigenvalue weighted by Crippen LogP contribution is 2.21. The van der Waals surface area contributed by atoms with Gasteiger partial charge in [0, 0.05) is 18.0 Å². The predicted octanol–water partition coefficient (Wildman–Crippen LogP) is 2.15. The lowest BCUT2D eigenvalue weighted by Crippen LogP contribution is -2.10. The molecule has 0 N–H and O–H groups in total. The molecular weight excluding hydrogens is 256 g/mol. The number of carbonyl (C=O) groups excluding carboxylic acids is 1. The third-order valence-corrected chi connectivity index (χ3v) is 2.83. The van der Waals surface area contributed by atoms with Gasteiger partial charge in [0.05, 0.1) is 32.7 Å². The number of rotatable bonds is 5. The zero-order valence-corrected chi connectivity index (χ0v) is 11.4. The summed E-state index contributed by atoms with van der Waals surface area (Å²) in [6.07, 6.45) is 6.88. The molecule has 0 unspecified atom stereocenters. The van der Waals surface area contributed by atoms with Gasteiger partial charge in [0.1, 0.15) is 5.75 Å². The van der Waals surface area contributed by atoms with Crippen molar-refractivity contribution in [2.45, 2.75) is 6.54 Å². The lowest BCUT2D eigenvalue weighted by atomic mass is 10.1. The van der Waals surface area contributed by atoms with Crippen LogP contribution in [0.2, 0.25) is 0 Å². The summed E-state index contributed by atoms with van der Waals surface area (Å²) >= 11 is 0. The molecule has 1 heterocycles. The second kappa shape index (κ2) is 6.56. The van der Waals surface area contributed by atoms with Crippen LogP contribution < -0.4 is 4.74 Å². The Kier molecular flexibility index (Phi) is 4.55. The second-order valence-corrected chi connectivity index (χ2v) is 4.14. The molecule has 0 fully saturated rings. The average Bonchev–Trinajstić information content (AvgIpc) is 2.99. The van der Waals surface area contributed by atoms with Crippen molar-refractivity contribution < 1.29 is 14.3 Å². The Hall–Kier alpha value is -2.56. The van der Waals surface area contributed by atoms with E-state index in [-0.39, 0.29) is 5.97 Å². The van der Waals surface area contributed by atoms with E-state index < -0.39 is 0 Å². The minimum Gasteiger partial charge on any atom is -0.496 e. The van der Waals surface area contributed by atoms with Gasteiger partial charge < -0.3 is 14.0 Å². The lowest BCUT2D eigenvalue weighted by Gasteiger charge is -2.09. The van der Waals surface area contributed by atoms with E-state index >= 15 is 0 Å². The third-order valence-electron chi connectivity index (χ3n) is 2.83. The summed E-state index contributed by atoms with van der Waals surface area (Å²) in [4.78, 5) is 15.8. The van der Waals surface area contributed by atoms with E-state index in [1.54, 1.807) is 36.5 Å². The van der Waals surface area contributed by atoms with Crippen molar-refractivity contribution >= 4 is 12.0 Å². The summed E-state index contributed by atoms with van der Waals surface area (Å²) in [6, 6.07) is 7.50. The molecule has 1 aromatic heterocycles. The van der Waals surface area contributed by atoms with Crippen molar-refractivity contribution in [1.82, 2.24) is 9.55 Å². The fourth-order valence-electron chi connectivity index (χ4n) is 1.85. The summed E-state index contributed by atoms with van der Waals surface area (Å²) in [5.41, 5.74) is 1.35. The number of nitrogens with zero attached hydrogens (tertiary/aromatic N) is 2. The summed E-state index contributed by atoms with van der Waals surface area (Å²) in [5, 5.41) is 0. The van der Waals surface area contributed by atoms with Gasteiger partial charge in [0.15, 0.2) is 0 Å². The molecule has 0 bridgehead atoms. The van der Waals surface area contributed by atoms with Crippen LogP contribution in [0.25, 0.3) is 6.08 Å². The maximum absolute atomic E-state index is 11.9. The normalized spacial score (nSPS) is 11.2. The number of hydrogen-bond donors (Lipinski definition) is 0. The number of benzene rings is 1. The molecule has 0 aliphatic rings. The molecule has 5 heteroatoms. The first-order valence-corrected chi connectivity index (χ1v) is 6.12. The minimum absolute atomic E-state index is 0.371. The van der Waals surface area contributed by atoms with Crippen molar-refractivity contribution in [2.75, 3.05) is 14.2 Å². The maximum atomic E-state index is 11.9. The van der Waals surface area contributed by atoms with Crippen LogP contribution in [0.1, 0.15) is 5.56 Å². The summed E-state index contributed by atoms with van der Waals surface area (Å²) in [5.74, 6) is 0.337. The Morgan fingerprint density at radius 2 is 2.15 bits per heavy atom. The van der Waals surface area contributed by atoms with Gasteiger partial charge >= 0.3 is 5.97 Å². The molecule has 0 aliphatic heterocycles. The molecule has 20 heavy (non-hydrogen) atoms. The molecule has 0 saturated carbocycles. The first kappa shape index (κ1) is 13.9. The average molecular weight is 272 g/mol. The molecule has 0 saturated heterocycles. The predicted molar refractivity (Wildman–Crippen MR) is 75.2 cm³/mol. The number of carbonyl (C=O) groups is 1. The monoisotopic (exact) mass is 272 g/mol. The van der Waals surface area contributed by atoms with Gasteiger partial charge in [-0.2, -0.15) is 0 Å². The van der Waals surface area contributed by atoms with Crippen LogP contribution in [0.4, 0.5) is 0 Å². The quantitative estimate of drug-likeness (QED) is 0.618. The topological polar surface area (TPSA) is 53.4 Å². The van der Waals surface area contributed by atoms with Crippen LogP contribution in [0.5, 0.6) is 5.75 Å². The van der Waals surface area contributed by atoms with Crippen molar-refractivity contribution in [3.63, 3.8) is 0 Å². The number of para-hydroxylation sites is 1. The molecular formula is C15H16N2O3. The van der Waals surface area contributed by atoms with Gasteiger partial charge in [-0.1, -0.05) is 18.2 Å². The van der Waals surface area contributed by atoms with Gasteiger partial charge in [0.2, 0.25) is 0 Å². The highest BCUT2D eigenvalue weighted by Gasteiger charge is 2.11. The van der Waals surface area contributed by atoms with Gasteiger partial charge in [-0.25, -0.2) is 9.78 Å². The van der Waals surface area contributed by atoms with Crippen molar-refractivity contribution in [3.05, 3.63) is 54.1 Å². The van der Waals surface area contributed by atoms with Gasteiger partial charge in [-0.15, -0.1) is 0 Å². The number of hydrogen-bond acceptors (Lipinski definition) is 4. The molecule has 0 atom stereocenters. The van der Waals surface area contributed by atoms with E-state index in [1.165, 1.54) is 7.11 Å². The number of aromatic nitrogens is 2. The fourth-order valence-corrected chi connectivity index (χ4v) is 1.85. The van der Waals surface area contributed by atoms with E-state index in [2.05, 4.69) is 4.98 Å². The minimum atomic E-state index is -0.371. The Bertz CT molecular complexity index is 603. The first-order chi connectivity index (χ1) is 9.74. The van der Waals surface area contributed by atoms with E-state index in [9.17, 15) is 4.79 Å². The molecule has 0 aliphatic carbocycles. The van der Waals surface area contributed by atoms with E-state index in [4.69, 9.17) is 9.47 Å². The van der Waals surface area contributed by atoms with Crippen molar-refractivity contribution in [3.8, 4) is 5.75 Å². The zero-order valence-electron chi connectivity index (χ0n) is 11.4. The first-order valence-electron chi connectivity index (χ1n) is 6.12. The number of esters is 1. The smallest absolute Gasteiger partial charge is 0.335 e. The number of ether oxygens (including phenoxy) is 2. The fraction of sp³-hybridized carbons (Fsp3) is 0.200. The lowest BCUT2D eigenvalue weighted by molar-refractivity contribution is -0.136. The Morgan fingerprint density at radius 3 is 2.80 bits per heavy atom. The highest BCUT2D eigenvalue weighted by atomic mass is 16.5. The summed E-state index contributed by atoms with van der Waals surface area (Å²) < 4.78 is 11.9. The second-order valence-electron chi connectivity index (χ2n) is 4.14. The highest BCUT2D eigenvalue weighted by molar-refractivity contribution is 5.93. The Balaban J connectivity index is 2.34. The Morgan fingerprint density at radius 1 is 1.35 bits per heavy atom. The number of methoxy groups -OCH3 is 2. The molecule has 0 amide bonds. The van der Waals surface area contributed by atoms with Crippen LogP contribution in [0, 0.1) is 0 Å². The van der Waals surface area contributed by atoms with Crippen LogP contribution in [0.15, 0.2) is 48.6 Å². The van der Waals surface area contributed by atoms with E-state index in [1.807, 2.05) is 24.3 Å². The molecule has 1 aromatic carbocycles. The third kappa shape index (κ3) is 3.26. The van der Waals surface area contributed by atoms with E-state index in [0.29, 0.717) is 17.9 Å². The van der Waals surface area contributed by atoms with Crippen molar-refractivity contribution in [2.24, 2.45) is 0 Å².